The molecule has 1 aromatic heterocycles. The zero-order chi connectivity index (χ0) is 26.4. The van der Waals surface area contributed by atoms with Crippen LogP contribution in [0, 0.1) is 5.92 Å². The van der Waals surface area contributed by atoms with Crippen LogP contribution in [0.25, 0.3) is 0 Å². The number of rotatable bonds is 10. The molecule has 1 atom stereocenters. The van der Waals surface area contributed by atoms with Gasteiger partial charge in [-0.05, 0) is 43.3 Å². The summed E-state index contributed by atoms with van der Waals surface area (Å²) in [6.07, 6.45) is -2.86. The third kappa shape index (κ3) is 7.22. The standard InChI is InChI=1S/C24H29ClF2N4O4S/c1-14(2)12-30(3)18(11-28-24(34)19-6-7-20(25)36-19)23(33)29-15-4-5-17(16(10-15)22(26)27)31-8-9-35-13-21(31)32/h4-7,10,14,18,22H,8-9,11-13H2,1-3H3,(H,28,34)(H,29,33)/t18-/m0/s1. The second-order valence-electron chi connectivity index (χ2n) is 8.82. The Morgan fingerprint density at radius 3 is 2.61 bits per heavy atom. The fourth-order valence-corrected chi connectivity index (χ4v) is 4.88. The van der Waals surface area contributed by atoms with E-state index in [0.717, 1.165) is 11.3 Å². The molecule has 2 aromatic rings. The zero-order valence-electron chi connectivity index (χ0n) is 20.2. The van der Waals surface area contributed by atoms with Crippen molar-refractivity contribution in [2.75, 3.05) is 50.1 Å². The number of hydrogen-bond acceptors (Lipinski definition) is 6. The maximum Gasteiger partial charge on any atom is 0.265 e. The number of alkyl halides is 2. The van der Waals surface area contributed by atoms with Crippen molar-refractivity contribution in [1.29, 1.82) is 0 Å². The number of carbonyl (C=O) groups is 3. The Labute approximate surface area is 217 Å². The fourth-order valence-electron chi connectivity index (χ4n) is 3.92. The lowest BCUT2D eigenvalue weighted by molar-refractivity contribution is -0.125. The van der Waals surface area contributed by atoms with Crippen molar-refractivity contribution in [2.45, 2.75) is 26.3 Å². The molecule has 2 N–H and O–H groups in total. The predicted octanol–water partition coefficient (Wildman–Crippen LogP) is 4.03. The Morgan fingerprint density at radius 1 is 1.25 bits per heavy atom. The van der Waals surface area contributed by atoms with Gasteiger partial charge in [-0.2, -0.15) is 0 Å². The summed E-state index contributed by atoms with van der Waals surface area (Å²) in [7, 11) is 1.76. The van der Waals surface area contributed by atoms with Crippen molar-refractivity contribution in [3.8, 4) is 0 Å². The molecule has 1 saturated heterocycles. The molecular weight excluding hydrogens is 514 g/mol. The molecule has 0 bridgehead atoms. The van der Waals surface area contributed by atoms with E-state index in [1.165, 1.54) is 23.1 Å². The van der Waals surface area contributed by atoms with Crippen molar-refractivity contribution in [3.05, 3.63) is 45.1 Å². The van der Waals surface area contributed by atoms with Gasteiger partial charge in [-0.3, -0.25) is 19.3 Å². The van der Waals surface area contributed by atoms with Crippen molar-refractivity contribution < 1.29 is 27.9 Å². The Hall–Kier alpha value is -2.60. The highest BCUT2D eigenvalue weighted by Gasteiger charge is 2.28. The minimum Gasteiger partial charge on any atom is -0.370 e. The third-order valence-electron chi connectivity index (χ3n) is 5.55. The van der Waals surface area contributed by atoms with Crippen molar-refractivity contribution in [2.24, 2.45) is 5.92 Å². The number of carbonyl (C=O) groups excluding carboxylic acids is 3. The number of nitrogens with zero attached hydrogens (tertiary/aromatic N) is 2. The molecule has 8 nitrogen and oxygen atoms in total. The summed E-state index contributed by atoms with van der Waals surface area (Å²) in [5.74, 6) is -0.980. The quantitative estimate of drug-likeness (QED) is 0.473. The number of amides is 3. The van der Waals surface area contributed by atoms with Gasteiger partial charge in [-0.25, -0.2) is 8.78 Å². The molecule has 3 amide bonds. The van der Waals surface area contributed by atoms with E-state index in [9.17, 15) is 23.2 Å². The molecule has 0 radical (unpaired) electrons. The van der Waals surface area contributed by atoms with Gasteiger partial charge in [0.15, 0.2) is 0 Å². The van der Waals surface area contributed by atoms with Crippen molar-refractivity contribution in [3.63, 3.8) is 0 Å². The summed E-state index contributed by atoms with van der Waals surface area (Å²) in [4.78, 5) is 41.3. The highest BCUT2D eigenvalue weighted by atomic mass is 35.5. The maximum atomic E-state index is 13.9. The number of hydrogen-bond donors (Lipinski definition) is 2. The molecule has 0 aliphatic carbocycles. The topological polar surface area (TPSA) is 91.0 Å². The Bertz CT molecular complexity index is 1100. The summed E-state index contributed by atoms with van der Waals surface area (Å²) < 4.78 is 33.3. The second-order valence-corrected chi connectivity index (χ2v) is 10.5. The number of benzene rings is 1. The number of morpholine rings is 1. The summed E-state index contributed by atoms with van der Waals surface area (Å²) >= 11 is 7.03. The number of anilines is 2. The molecule has 1 aliphatic rings. The first-order chi connectivity index (χ1) is 17.1. The van der Waals surface area contributed by atoms with Gasteiger partial charge in [0, 0.05) is 30.9 Å². The van der Waals surface area contributed by atoms with E-state index in [2.05, 4.69) is 10.6 Å². The minimum atomic E-state index is -2.86. The molecule has 0 unspecified atom stereocenters. The lowest BCUT2D eigenvalue weighted by atomic mass is 10.1. The summed E-state index contributed by atoms with van der Waals surface area (Å²) in [6, 6.07) is 6.50. The van der Waals surface area contributed by atoms with E-state index in [4.69, 9.17) is 16.3 Å². The first-order valence-corrected chi connectivity index (χ1v) is 12.6. The summed E-state index contributed by atoms with van der Waals surface area (Å²) in [6.45, 7) is 4.82. The van der Waals surface area contributed by atoms with Crippen LogP contribution in [0.3, 0.4) is 0 Å². The molecular formula is C24H29ClF2N4O4S. The van der Waals surface area contributed by atoms with Gasteiger partial charge in [0.2, 0.25) is 5.91 Å². The lowest BCUT2D eigenvalue weighted by Gasteiger charge is -2.30. The van der Waals surface area contributed by atoms with Gasteiger partial charge in [0.05, 0.1) is 21.5 Å². The smallest absolute Gasteiger partial charge is 0.265 e. The van der Waals surface area contributed by atoms with Gasteiger partial charge < -0.3 is 20.3 Å². The van der Waals surface area contributed by atoms with Crippen LogP contribution >= 0.6 is 22.9 Å². The number of halogens is 3. The van der Waals surface area contributed by atoms with E-state index in [-0.39, 0.29) is 55.1 Å². The minimum absolute atomic E-state index is 0.00543. The second kappa shape index (κ2) is 12.6. The SMILES string of the molecule is CC(C)CN(C)[C@@H](CNC(=O)c1ccc(Cl)s1)C(=O)Nc1ccc(N2CCOCC2=O)c(C(F)F)c1. The average Bonchev–Trinajstić information content (AvgIpc) is 3.25. The number of ether oxygens (including phenoxy) is 1. The fraction of sp³-hybridized carbons (Fsp3) is 0.458. The van der Waals surface area contributed by atoms with Crippen LogP contribution in [-0.2, 0) is 14.3 Å². The Balaban J connectivity index is 1.77. The molecule has 0 saturated carbocycles. The van der Waals surface area contributed by atoms with Crippen LogP contribution in [0.2, 0.25) is 4.34 Å². The normalized spacial score (nSPS) is 15.0. The van der Waals surface area contributed by atoms with Crippen molar-refractivity contribution in [1.82, 2.24) is 10.2 Å². The Morgan fingerprint density at radius 2 is 2.00 bits per heavy atom. The van der Waals surface area contributed by atoms with Crippen LogP contribution in [-0.4, -0.2) is 68.6 Å². The van der Waals surface area contributed by atoms with Crippen LogP contribution in [0.1, 0.15) is 35.5 Å². The monoisotopic (exact) mass is 542 g/mol. The van der Waals surface area contributed by atoms with E-state index in [1.54, 1.807) is 24.1 Å². The number of likely N-dealkylation sites (N-methyl/N-ethyl adjacent to an activating group) is 1. The van der Waals surface area contributed by atoms with E-state index in [1.807, 2.05) is 13.8 Å². The van der Waals surface area contributed by atoms with Crippen LogP contribution in [0.4, 0.5) is 20.2 Å². The molecule has 1 fully saturated rings. The van der Waals surface area contributed by atoms with E-state index < -0.39 is 24.3 Å². The van der Waals surface area contributed by atoms with Gasteiger partial charge in [-0.1, -0.05) is 25.4 Å². The van der Waals surface area contributed by atoms with Crippen molar-refractivity contribution >= 4 is 52.0 Å². The molecule has 196 valence electrons. The Kier molecular flexibility index (Phi) is 9.77. The first kappa shape index (κ1) is 28.0. The molecule has 1 aliphatic heterocycles. The van der Waals surface area contributed by atoms with Crippen LogP contribution in [0.5, 0.6) is 0 Å². The van der Waals surface area contributed by atoms with Gasteiger partial charge in [-0.15, -0.1) is 11.3 Å². The highest BCUT2D eigenvalue weighted by Crippen LogP contribution is 2.33. The van der Waals surface area contributed by atoms with Crippen LogP contribution in [0.15, 0.2) is 30.3 Å². The third-order valence-corrected chi connectivity index (χ3v) is 6.78. The number of nitrogens with one attached hydrogen (secondary N) is 2. The molecule has 3 rings (SSSR count). The average molecular weight is 543 g/mol. The lowest BCUT2D eigenvalue weighted by Crippen LogP contribution is -2.50. The van der Waals surface area contributed by atoms with E-state index >= 15 is 0 Å². The van der Waals surface area contributed by atoms with Gasteiger partial charge >= 0.3 is 0 Å². The summed E-state index contributed by atoms with van der Waals surface area (Å²) in [5, 5.41) is 5.44. The summed E-state index contributed by atoms with van der Waals surface area (Å²) in [5.41, 5.74) is -0.108. The molecule has 0 spiro atoms. The first-order valence-electron chi connectivity index (χ1n) is 11.4. The molecule has 2 heterocycles. The van der Waals surface area contributed by atoms with Crippen LogP contribution < -0.4 is 15.5 Å². The highest BCUT2D eigenvalue weighted by molar-refractivity contribution is 7.18. The molecule has 12 heteroatoms. The zero-order valence-corrected chi connectivity index (χ0v) is 21.8. The maximum absolute atomic E-state index is 13.9. The number of thiophene rings is 1. The van der Waals surface area contributed by atoms with Gasteiger partial charge in [0.25, 0.3) is 18.2 Å². The largest absolute Gasteiger partial charge is 0.370 e. The molecule has 36 heavy (non-hydrogen) atoms. The van der Waals surface area contributed by atoms with Gasteiger partial charge in [0.1, 0.15) is 12.6 Å². The predicted molar refractivity (Wildman–Crippen MR) is 136 cm³/mol. The molecule has 1 aromatic carbocycles. The van der Waals surface area contributed by atoms with E-state index in [0.29, 0.717) is 15.8 Å².